The van der Waals surface area contributed by atoms with Crippen molar-refractivity contribution in [3.05, 3.63) is 60.9 Å². The molecule has 0 aliphatic rings. The van der Waals surface area contributed by atoms with Gasteiger partial charge in [0.15, 0.2) is 0 Å². The number of amides is 1. The molecule has 1 amide bonds. The van der Waals surface area contributed by atoms with Crippen LogP contribution in [-0.4, -0.2) is 30.6 Å². The van der Waals surface area contributed by atoms with Crippen LogP contribution in [0, 0.1) is 5.92 Å². The van der Waals surface area contributed by atoms with Crippen molar-refractivity contribution in [1.82, 2.24) is 24.7 Å². The van der Waals surface area contributed by atoms with Gasteiger partial charge in [-0.25, -0.2) is 9.97 Å². The Kier molecular flexibility index (Phi) is 4.67. The van der Waals surface area contributed by atoms with Crippen LogP contribution in [0.15, 0.2) is 60.9 Å². The molecule has 2 aromatic carbocycles. The van der Waals surface area contributed by atoms with Gasteiger partial charge < -0.3 is 5.32 Å². The molecule has 8 heteroatoms. The zero-order valence-corrected chi connectivity index (χ0v) is 15.5. The highest BCUT2D eigenvalue weighted by Crippen LogP contribution is 2.24. The summed E-state index contributed by atoms with van der Waals surface area (Å²) >= 11 is 0. The molecule has 28 heavy (non-hydrogen) atoms. The lowest BCUT2D eigenvalue weighted by atomic mass is 10.2. The zero-order valence-electron chi connectivity index (χ0n) is 15.5. The molecule has 8 nitrogen and oxygen atoms in total. The molecule has 0 fully saturated rings. The van der Waals surface area contributed by atoms with E-state index >= 15 is 0 Å². The van der Waals surface area contributed by atoms with Crippen LogP contribution >= 0.6 is 0 Å². The molecule has 0 spiro atoms. The molecular weight excluding hydrogens is 354 g/mol. The highest BCUT2D eigenvalue weighted by Gasteiger charge is 2.16. The van der Waals surface area contributed by atoms with Gasteiger partial charge in [-0.2, -0.15) is 9.67 Å². The average Bonchev–Trinajstić information content (AvgIpc) is 3.11. The van der Waals surface area contributed by atoms with Crippen molar-refractivity contribution >= 4 is 34.5 Å². The number of hydrogen-bond acceptors (Lipinski definition) is 6. The van der Waals surface area contributed by atoms with Crippen molar-refractivity contribution in [2.45, 2.75) is 13.8 Å². The molecule has 2 aromatic heterocycles. The summed E-state index contributed by atoms with van der Waals surface area (Å²) in [6.07, 6.45) is 1.50. The van der Waals surface area contributed by atoms with Crippen LogP contribution in [-0.2, 0) is 4.79 Å². The van der Waals surface area contributed by atoms with Gasteiger partial charge in [0.1, 0.15) is 12.1 Å². The molecule has 0 radical (unpaired) electrons. The summed E-state index contributed by atoms with van der Waals surface area (Å²) in [5.41, 5.74) is 1.63. The Morgan fingerprint density at radius 3 is 2.54 bits per heavy atom. The van der Waals surface area contributed by atoms with Crippen molar-refractivity contribution < 1.29 is 4.79 Å². The van der Waals surface area contributed by atoms with E-state index in [0.717, 1.165) is 16.6 Å². The minimum absolute atomic E-state index is 0.149. The first-order chi connectivity index (χ1) is 13.6. The fraction of sp³-hybridized carbons (Fsp3) is 0.150. The second-order valence-corrected chi connectivity index (χ2v) is 6.51. The summed E-state index contributed by atoms with van der Waals surface area (Å²) in [6, 6.07) is 17.3. The Morgan fingerprint density at radius 2 is 1.75 bits per heavy atom. The number of carbonyl (C=O) groups excluding carboxylic acids is 1. The van der Waals surface area contributed by atoms with E-state index in [1.165, 1.54) is 6.33 Å². The highest BCUT2D eigenvalue weighted by atomic mass is 16.2. The van der Waals surface area contributed by atoms with E-state index in [2.05, 4.69) is 30.7 Å². The van der Waals surface area contributed by atoms with Crippen LogP contribution in [0.2, 0.25) is 0 Å². The third kappa shape index (κ3) is 3.52. The SMILES string of the molecule is CC(C)C(=O)Nc1nc(Nc2ncnc3ccccc23)n(-c2ccccc2)n1. The van der Waals surface area contributed by atoms with Crippen molar-refractivity contribution in [3.63, 3.8) is 0 Å². The number of rotatable bonds is 5. The Bertz CT molecular complexity index is 1120. The average molecular weight is 373 g/mol. The third-order valence-corrected chi connectivity index (χ3v) is 4.14. The van der Waals surface area contributed by atoms with E-state index < -0.39 is 0 Å². The van der Waals surface area contributed by atoms with Crippen LogP contribution in [0.5, 0.6) is 0 Å². The highest BCUT2D eigenvalue weighted by molar-refractivity contribution is 5.91. The van der Waals surface area contributed by atoms with E-state index in [4.69, 9.17) is 0 Å². The normalized spacial score (nSPS) is 11.0. The molecule has 0 saturated carbocycles. The Balaban J connectivity index is 1.76. The molecule has 0 saturated heterocycles. The molecule has 140 valence electrons. The van der Waals surface area contributed by atoms with Crippen LogP contribution in [0.1, 0.15) is 13.8 Å². The summed E-state index contributed by atoms with van der Waals surface area (Å²) < 4.78 is 1.63. The number of para-hydroxylation sites is 2. The Hall–Kier alpha value is -3.81. The number of nitrogens with one attached hydrogen (secondary N) is 2. The van der Waals surface area contributed by atoms with Crippen molar-refractivity contribution in [3.8, 4) is 5.69 Å². The van der Waals surface area contributed by atoms with Gasteiger partial charge in [-0.15, -0.1) is 5.10 Å². The van der Waals surface area contributed by atoms with Gasteiger partial charge in [0.2, 0.25) is 11.9 Å². The summed E-state index contributed by atoms with van der Waals surface area (Å²) in [7, 11) is 0. The number of anilines is 3. The van der Waals surface area contributed by atoms with Crippen LogP contribution in [0.4, 0.5) is 17.7 Å². The molecule has 4 rings (SSSR count). The van der Waals surface area contributed by atoms with Crippen LogP contribution in [0.25, 0.3) is 16.6 Å². The molecule has 4 aromatic rings. The van der Waals surface area contributed by atoms with E-state index in [1.54, 1.807) is 4.68 Å². The predicted molar refractivity (Wildman–Crippen MR) is 108 cm³/mol. The third-order valence-electron chi connectivity index (χ3n) is 4.14. The van der Waals surface area contributed by atoms with E-state index in [0.29, 0.717) is 11.8 Å². The Morgan fingerprint density at radius 1 is 1.00 bits per heavy atom. The number of nitrogens with zero attached hydrogens (tertiary/aromatic N) is 5. The van der Waals surface area contributed by atoms with Gasteiger partial charge in [0.05, 0.1) is 11.2 Å². The number of fused-ring (bicyclic) bond motifs is 1. The van der Waals surface area contributed by atoms with Gasteiger partial charge in [-0.3, -0.25) is 10.1 Å². The van der Waals surface area contributed by atoms with Gasteiger partial charge in [0.25, 0.3) is 5.95 Å². The molecule has 0 atom stereocenters. The van der Waals surface area contributed by atoms with Crippen molar-refractivity contribution in [2.75, 3.05) is 10.6 Å². The van der Waals surface area contributed by atoms with Gasteiger partial charge in [-0.1, -0.05) is 44.2 Å². The van der Waals surface area contributed by atoms with E-state index in [1.807, 2.05) is 68.4 Å². The fourth-order valence-electron chi connectivity index (χ4n) is 2.66. The first kappa shape index (κ1) is 17.6. The second-order valence-electron chi connectivity index (χ2n) is 6.51. The van der Waals surface area contributed by atoms with Crippen molar-refractivity contribution in [1.29, 1.82) is 0 Å². The van der Waals surface area contributed by atoms with Gasteiger partial charge in [0, 0.05) is 11.3 Å². The first-order valence-corrected chi connectivity index (χ1v) is 8.92. The number of carbonyl (C=O) groups is 1. The molecule has 0 aliphatic carbocycles. The Labute approximate surface area is 161 Å². The van der Waals surface area contributed by atoms with E-state index in [9.17, 15) is 4.79 Å². The van der Waals surface area contributed by atoms with Gasteiger partial charge in [-0.05, 0) is 24.3 Å². The van der Waals surface area contributed by atoms with Gasteiger partial charge >= 0.3 is 0 Å². The van der Waals surface area contributed by atoms with Crippen LogP contribution < -0.4 is 10.6 Å². The van der Waals surface area contributed by atoms with Crippen LogP contribution in [0.3, 0.4) is 0 Å². The monoisotopic (exact) mass is 373 g/mol. The zero-order chi connectivity index (χ0) is 19.5. The maximum Gasteiger partial charge on any atom is 0.251 e. The standard InChI is InChI=1S/C20H19N7O/c1-13(2)18(28)24-19-25-20(27(26-19)14-8-4-3-5-9-14)23-17-15-10-6-7-11-16(15)21-12-22-17/h3-13H,1-2H3,(H2,21,22,23,24,25,26,28). The maximum absolute atomic E-state index is 12.1. The quantitative estimate of drug-likeness (QED) is 0.555. The van der Waals surface area contributed by atoms with Crippen molar-refractivity contribution in [2.24, 2.45) is 5.92 Å². The number of benzene rings is 2. The summed E-state index contributed by atoms with van der Waals surface area (Å²) in [6.45, 7) is 3.63. The second kappa shape index (κ2) is 7.43. The fourth-order valence-corrected chi connectivity index (χ4v) is 2.66. The summed E-state index contributed by atoms with van der Waals surface area (Å²) in [5, 5.41) is 11.3. The van der Waals surface area contributed by atoms with E-state index in [-0.39, 0.29) is 17.8 Å². The number of aromatic nitrogens is 5. The molecule has 2 heterocycles. The predicted octanol–water partition coefficient (Wildman–Crippen LogP) is 3.55. The smallest absolute Gasteiger partial charge is 0.251 e. The summed E-state index contributed by atoms with van der Waals surface area (Å²) in [5.74, 6) is 0.949. The summed E-state index contributed by atoms with van der Waals surface area (Å²) in [4.78, 5) is 25.1. The number of hydrogen-bond donors (Lipinski definition) is 2. The largest absolute Gasteiger partial charge is 0.308 e. The lowest BCUT2D eigenvalue weighted by Gasteiger charge is -2.09. The maximum atomic E-state index is 12.1. The molecule has 0 aliphatic heterocycles. The topological polar surface area (TPSA) is 97.6 Å². The lowest BCUT2D eigenvalue weighted by Crippen LogP contribution is -2.18. The molecule has 0 bridgehead atoms. The molecule has 0 unspecified atom stereocenters. The molecular formula is C20H19N7O. The minimum Gasteiger partial charge on any atom is -0.308 e. The first-order valence-electron chi connectivity index (χ1n) is 8.92. The molecule has 2 N–H and O–H groups in total. The lowest BCUT2D eigenvalue weighted by molar-refractivity contribution is -0.118. The minimum atomic E-state index is -0.175.